The molecule has 6 heteroatoms. The average Bonchev–Trinajstić information content (AvgIpc) is 2.74. The molecule has 4 N–H and O–H groups in total. The van der Waals surface area contributed by atoms with E-state index in [1.165, 1.54) is 0 Å². The van der Waals surface area contributed by atoms with E-state index in [4.69, 9.17) is 23.1 Å². The van der Waals surface area contributed by atoms with Crippen LogP contribution >= 0.6 is 11.6 Å². The molecule has 1 amide bonds. The Morgan fingerprint density at radius 3 is 2.55 bits per heavy atom. The maximum Gasteiger partial charge on any atom is 0.250 e. The molecule has 1 aromatic carbocycles. The van der Waals surface area contributed by atoms with Crippen molar-refractivity contribution in [3.8, 4) is 5.69 Å². The Morgan fingerprint density at radius 2 is 2.05 bits per heavy atom. The van der Waals surface area contributed by atoms with Crippen LogP contribution in [0.3, 0.4) is 0 Å². The number of halogens is 1. The molecule has 0 spiro atoms. The van der Waals surface area contributed by atoms with Crippen molar-refractivity contribution in [2.45, 2.75) is 26.7 Å². The Kier molecular flexibility index (Phi) is 3.99. The summed E-state index contributed by atoms with van der Waals surface area (Å²) < 4.78 is 1.77. The lowest BCUT2D eigenvalue weighted by Gasteiger charge is -2.08. The minimum absolute atomic E-state index is 0.296. The van der Waals surface area contributed by atoms with Gasteiger partial charge in [0.1, 0.15) is 0 Å². The molecule has 0 radical (unpaired) electrons. The summed E-state index contributed by atoms with van der Waals surface area (Å²) in [6, 6.07) is 5.03. The molecule has 5 nitrogen and oxygen atoms in total. The molecule has 0 saturated heterocycles. The Hall–Kier alpha value is -2.01. The van der Waals surface area contributed by atoms with Gasteiger partial charge in [0.2, 0.25) is 5.91 Å². The van der Waals surface area contributed by atoms with Crippen molar-refractivity contribution in [1.82, 2.24) is 9.78 Å². The number of hydrogen-bond donors (Lipinski definition) is 2. The molecule has 1 heterocycles. The molecule has 20 heavy (non-hydrogen) atoms. The summed E-state index contributed by atoms with van der Waals surface area (Å²) in [6.07, 6.45) is 1.52. The molecule has 1 aromatic heterocycles. The van der Waals surface area contributed by atoms with Crippen molar-refractivity contribution in [3.05, 3.63) is 40.2 Å². The number of amides is 1. The molecule has 106 valence electrons. The highest BCUT2D eigenvalue weighted by atomic mass is 35.5. The molecular formula is C14H17ClN4O. The predicted molar refractivity (Wildman–Crippen MR) is 80.3 cm³/mol. The quantitative estimate of drug-likeness (QED) is 0.906. The Balaban J connectivity index is 2.57. The van der Waals surface area contributed by atoms with E-state index in [-0.39, 0.29) is 0 Å². The number of carbonyl (C=O) groups excluding carboxylic acids is 1. The summed E-state index contributed by atoms with van der Waals surface area (Å²) in [5.41, 5.74) is 14.9. The smallest absolute Gasteiger partial charge is 0.250 e. The monoisotopic (exact) mass is 292 g/mol. The van der Waals surface area contributed by atoms with Crippen LogP contribution in [-0.4, -0.2) is 15.7 Å². The van der Waals surface area contributed by atoms with Gasteiger partial charge in [0.05, 0.1) is 33.3 Å². The van der Waals surface area contributed by atoms with Crippen molar-refractivity contribution in [2.24, 2.45) is 5.73 Å². The molecule has 0 aliphatic heterocycles. The van der Waals surface area contributed by atoms with E-state index < -0.39 is 5.91 Å². The lowest BCUT2D eigenvalue weighted by Crippen LogP contribution is -2.12. The van der Waals surface area contributed by atoms with Crippen LogP contribution in [-0.2, 0) is 12.8 Å². The van der Waals surface area contributed by atoms with E-state index in [1.54, 1.807) is 22.9 Å². The van der Waals surface area contributed by atoms with Crippen molar-refractivity contribution >= 4 is 23.2 Å². The number of anilines is 1. The lowest BCUT2D eigenvalue weighted by molar-refractivity contribution is 0.100. The lowest BCUT2D eigenvalue weighted by atomic mass is 10.2. The first-order valence-corrected chi connectivity index (χ1v) is 6.83. The maximum absolute atomic E-state index is 11.2. The van der Waals surface area contributed by atoms with E-state index in [9.17, 15) is 4.79 Å². The van der Waals surface area contributed by atoms with Crippen LogP contribution in [0.15, 0.2) is 18.2 Å². The standard InChI is InChI=1S/C14H17ClN4O/c1-3-11-13(16)12(4-2)19(18-11)8-5-6-9(14(17)20)10(15)7-8/h5-7H,3-4,16H2,1-2H3,(H2,17,20). The summed E-state index contributed by atoms with van der Waals surface area (Å²) >= 11 is 6.08. The second-order valence-corrected chi connectivity index (χ2v) is 4.86. The van der Waals surface area contributed by atoms with Crippen molar-refractivity contribution in [3.63, 3.8) is 0 Å². The normalized spacial score (nSPS) is 10.8. The summed E-state index contributed by atoms with van der Waals surface area (Å²) in [6.45, 7) is 4.02. The minimum Gasteiger partial charge on any atom is -0.396 e. The van der Waals surface area contributed by atoms with Gasteiger partial charge in [-0.3, -0.25) is 4.79 Å². The summed E-state index contributed by atoms with van der Waals surface area (Å²) in [4.78, 5) is 11.2. The van der Waals surface area contributed by atoms with E-state index in [0.29, 0.717) is 16.3 Å². The number of rotatable bonds is 4. The minimum atomic E-state index is -0.550. The number of nitrogen functional groups attached to an aromatic ring is 1. The van der Waals surface area contributed by atoms with Crippen molar-refractivity contribution in [2.75, 3.05) is 5.73 Å². The highest BCUT2D eigenvalue weighted by Gasteiger charge is 2.15. The Morgan fingerprint density at radius 1 is 1.35 bits per heavy atom. The van der Waals surface area contributed by atoms with E-state index in [0.717, 1.165) is 29.9 Å². The zero-order valence-electron chi connectivity index (χ0n) is 11.5. The number of aryl methyl sites for hydroxylation is 1. The second kappa shape index (κ2) is 5.54. The first kappa shape index (κ1) is 14.4. The zero-order chi connectivity index (χ0) is 14.9. The molecular weight excluding hydrogens is 276 g/mol. The van der Waals surface area contributed by atoms with Gasteiger partial charge in [-0.25, -0.2) is 4.68 Å². The van der Waals surface area contributed by atoms with Gasteiger partial charge in [0.15, 0.2) is 0 Å². The number of nitrogens with zero attached hydrogens (tertiary/aromatic N) is 2. The van der Waals surface area contributed by atoms with E-state index >= 15 is 0 Å². The van der Waals surface area contributed by atoms with Gasteiger partial charge in [-0.05, 0) is 31.0 Å². The highest BCUT2D eigenvalue weighted by molar-refractivity contribution is 6.34. The Labute approximate surface area is 122 Å². The van der Waals surface area contributed by atoms with E-state index in [2.05, 4.69) is 5.10 Å². The fraction of sp³-hybridized carbons (Fsp3) is 0.286. The van der Waals surface area contributed by atoms with Crippen LogP contribution in [0, 0.1) is 0 Å². The number of carbonyl (C=O) groups is 1. The van der Waals surface area contributed by atoms with Gasteiger partial charge < -0.3 is 11.5 Å². The largest absolute Gasteiger partial charge is 0.396 e. The number of primary amides is 1. The van der Waals surface area contributed by atoms with Crippen LogP contribution in [0.4, 0.5) is 5.69 Å². The molecule has 0 atom stereocenters. The van der Waals surface area contributed by atoms with Crippen LogP contribution in [0.1, 0.15) is 35.6 Å². The number of nitrogens with two attached hydrogens (primary N) is 2. The molecule has 0 unspecified atom stereocenters. The first-order valence-electron chi connectivity index (χ1n) is 6.45. The highest BCUT2D eigenvalue weighted by Crippen LogP contribution is 2.25. The van der Waals surface area contributed by atoms with Gasteiger partial charge in [0.25, 0.3) is 0 Å². The fourth-order valence-electron chi connectivity index (χ4n) is 2.17. The molecule has 2 aromatic rings. The predicted octanol–water partition coefficient (Wildman–Crippen LogP) is 2.33. The van der Waals surface area contributed by atoms with E-state index in [1.807, 2.05) is 13.8 Å². The maximum atomic E-state index is 11.2. The second-order valence-electron chi connectivity index (χ2n) is 4.45. The first-order chi connectivity index (χ1) is 9.49. The number of benzene rings is 1. The van der Waals surface area contributed by atoms with Gasteiger partial charge in [-0.2, -0.15) is 5.10 Å². The van der Waals surface area contributed by atoms with Crippen LogP contribution in [0.25, 0.3) is 5.69 Å². The molecule has 0 saturated carbocycles. The topological polar surface area (TPSA) is 86.9 Å². The van der Waals surface area contributed by atoms with Gasteiger partial charge in [-0.1, -0.05) is 25.4 Å². The van der Waals surface area contributed by atoms with Gasteiger partial charge >= 0.3 is 0 Å². The molecule has 0 aliphatic rings. The number of hydrogen-bond acceptors (Lipinski definition) is 3. The Bertz CT molecular complexity index is 663. The van der Waals surface area contributed by atoms with Crippen LogP contribution in [0.5, 0.6) is 0 Å². The van der Waals surface area contributed by atoms with Gasteiger partial charge in [0, 0.05) is 0 Å². The van der Waals surface area contributed by atoms with Crippen LogP contribution < -0.4 is 11.5 Å². The SMILES string of the molecule is CCc1nn(-c2ccc(C(N)=O)c(Cl)c2)c(CC)c1N. The molecule has 0 aliphatic carbocycles. The van der Waals surface area contributed by atoms with Crippen molar-refractivity contribution in [1.29, 1.82) is 0 Å². The third-order valence-corrected chi connectivity index (χ3v) is 3.54. The molecule has 0 fully saturated rings. The summed E-state index contributed by atoms with van der Waals surface area (Å²) in [7, 11) is 0. The number of aromatic nitrogens is 2. The van der Waals surface area contributed by atoms with Crippen LogP contribution in [0.2, 0.25) is 5.02 Å². The summed E-state index contributed by atoms with van der Waals surface area (Å²) in [5, 5.41) is 4.81. The fourth-order valence-corrected chi connectivity index (χ4v) is 2.43. The third kappa shape index (κ3) is 2.36. The zero-order valence-corrected chi connectivity index (χ0v) is 12.2. The van der Waals surface area contributed by atoms with Gasteiger partial charge in [-0.15, -0.1) is 0 Å². The third-order valence-electron chi connectivity index (χ3n) is 3.23. The van der Waals surface area contributed by atoms with Crippen molar-refractivity contribution < 1.29 is 4.79 Å². The summed E-state index contributed by atoms with van der Waals surface area (Å²) in [5.74, 6) is -0.550. The molecule has 0 bridgehead atoms. The molecule has 2 rings (SSSR count). The average molecular weight is 293 g/mol.